The van der Waals surface area contributed by atoms with Crippen LogP contribution in [0.25, 0.3) is 0 Å². The molecule has 0 atom stereocenters. The summed E-state index contributed by atoms with van der Waals surface area (Å²) in [7, 11) is 1.63. The van der Waals surface area contributed by atoms with Crippen LogP contribution in [0.3, 0.4) is 0 Å². The molecule has 0 aliphatic rings. The number of hydrogen-bond donors (Lipinski definition) is 2. The predicted molar refractivity (Wildman–Crippen MR) is 92.5 cm³/mol. The molecular weight excluding hydrogens is 276 g/mol. The third-order valence-corrected chi connectivity index (χ3v) is 4.03. The van der Waals surface area contributed by atoms with Crippen LogP contribution in [-0.4, -0.2) is 25.4 Å². The zero-order chi connectivity index (χ0) is 17.8. The molecule has 0 aromatic carbocycles. The van der Waals surface area contributed by atoms with Gasteiger partial charge in [0.15, 0.2) is 0 Å². The molecule has 0 saturated heterocycles. The Balaban J connectivity index is 4.73. The Morgan fingerprint density at radius 1 is 0.909 bits per heavy atom. The molecule has 4 nitrogen and oxygen atoms in total. The molecule has 0 rings (SSSR count). The molecule has 0 spiro atoms. The number of hydrogen-bond acceptors (Lipinski definition) is 2. The molecule has 4 heteroatoms. The quantitative estimate of drug-likeness (QED) is 0.722. The third kappa shape index (κ3) is 6.80. The summed E-state index contributed by atoms with van der Waals surface area (Å²) < 4.78 is 0. The van der Waals surface area contributed by atoms with Crippen molar-refractivity contribution in [1.82, 2.24) is 10.6 Å². The predicted octanol–water partition coefficient (Wildman–Crippen LogP) is 3.36. The number of amides is 2. The van der Waals surface area contributed by atoms with Gasteiger partial charge in [0.25, 0.3) is 0 Å². The first-order valence-electron chi connectivity index (χ1n) is 8.24. The van der Waals surface area contributed by atoms with Gasteiger partial charge in [-0.15, -0.1) is 0 Å². The molecule has 0 saturated carbocycles. The van der Waals surface area contributed by atoms with Crippen LogP contribution in [0.4, 0.5) is 0 Å². The highest BCUT2D eigenvalue weighted by Crippen LogP contribution is 2.34. The average molecular weight is 312 g/mol. The van der Waals surface area contributed by atoms with Crippen LogP contribution in [0.1, 0.15) is 68.2 Å². The smallest absolute Gasteiger partial charge is 0.225 e. The van der Waals surface area contributed by atoms with Gasteiger partial charge in [0.2, 0.25) is 11.8 Å². The monoisotopic (exact) mass is 312 g/mol. The van der Waals surface area contributed by atoms with E-state index in [9.17, 15) is 9.59 Å². The molecule has 0 aliphatic carbocycles. The second-order valence-electron chi connectivity index (χ2n) is 8.97. The lowest BCUT2D eigenvalue weighted by Gasteiger charge is -2.34. The summed E-state index contributed by atoms with van der Waals surface area (Å²) in [6, 6.07) is 0. The van der Waals surface area contributed by atoms with Crippen molar-refractivity contribution in [3.63, 3.8) is 0 Å². The van der Waals surface area contributed by atoms with Gasteiger partial charge in [-0.05, 0) is 24.2 Å². The number of nitrogens with one attached hydrogen (secondary N) is 2. The maximum absolute atomic E-state index is 12.5. The molecular formula is C18H36N2O2. The van der Waals surface area contributed by atoms with Gasteiger partial charge in [-0.2, -0.15) is 0 Å². The van der Waals surface area contributed by atoms with Gasteiger partial charge in [-0.3, -0.25) is 9.59 Å². The van der Waals surface area contributed by atoms with Gasteiger partial charge in [-0.25, -0.2) is 0 Å². The van der Waals surface area contributed by atoms with E-state index in [1.54, 1.807) is 7.05 Å². The second kappa shape index (κ2) is 7.47. The molecule has 2 amide bonds. The Morgan fingerprint density at radius 2 is 1.36 bits per heavy atom. The molecule has 2 N–H and O–H groups in total. The second-order valence-corrected chi connectivity index (χ2v) is 8.97. The largest absolute Gasteiger partial charge is 0.359 e. The Labute approximate surface area is 136 Å². The van der Waals surface area contributed by atoms with Gasteiger partial charge in [-0.1, -0.05) is 55.4 Å². The van der Waals surface area contributed by atoms with Crippen LogP contribution in [0.2, 0.25) is 0 Å². The molecule has 0 aliphatic heterocycles. The Kier molecular flexibility index (Phi) is 7.11. The van der Waals surface area contributed by atoms with E-state index in [0.29, 0.717) is 18.9 Å². The van der Waals surface area contributed by atoms with Crippen LogP contribution in [0, 0.1) is 22.2 Å². The van der Waals surface area contributed by atoms with Gasteiger partial charge < -0.3 is 10.6 Å². The summed E-state index contributed by atoms with van der Waals surface area (Å²) >= 11 is 0. The molecule has 130 valence electrons. The lowest BCUT2D eigenvalue weighted by Crippen LogP contribution is -2.46. The standard InChI is InChI=1S/C18H36N2O2/c1-13(2)10-16(3,4)12-20-15(22)18(7,8)11-17(5,6)14(21)19-9/h13H,10-12H2,1-9H3,(H,19,21)(H,20,22). The molecule has 0 unspecified atom stereocenters. The first-order valence-corrected chi connectivity index (χ1v) is 8.24. The van der Waals surface area contributed by atoms with Crippen molar-refractivity contribution in [2.75, 3.05) is 13.6 Å². The molecule has 0 bridgehead atoms. The summed E-state index contributed by atoms with van der Waals surface area (Å²) in [6.07, 6.45) is 1.58. The van der Waals surface area contributed by atoms with Gasteiger partial charge in [0.05, 0.1) is 0 Å². The highest BCUT2D eigenvalue weighted by atomic mass is 16.2. The fourth-order valence-electron chi connectivity index (χ4n) is 3.34. The number of carbonyl (C=O) groups is 2. The highest BCUT2D eigenvalue weighted by molar-refractivity contribution is 5.85. The molecule has 0 aromatic rings. The van der Waals surface area contributed by atoms with Crippen molar-refractivity contribution in [3.05, 3.63) is 0 Å². The first kappa shape index (κ1) is 20.9. The van der Waals surface area contributed by atoms with Gasteiger partial charge in [0, 0.05) is 24.4 Å². The van der Waals surface area contributed by atoms with E-state index < -0.39 is 10.8 Å². The van der Waals surface area contributed by atoms with E-state index in [2.05, 4.69) is 38.3 Å². The minimum absolute atomic E-state index is 0.0151. The van der Waals surface area contributed by atoms with Crippen molar-refractivity contribution in [2.24, 2.45) is 22.2 Å². The molecule has 0 aromatic heterocycles. The highest BCUT2D eigenvalue weighted by Gasteiger charge is 2.38. The number of carbonyl (C=O) groups excluding carboxylic acids is 2. The summed E-state index contributed by atoms with van der Waals surface area (Å²) in [5, 5.41) is 5.75. The summed E-state index contributed by atoms with van der Waals surface area (Å²) in [4.78, 5) is 24.5. The Morgan fingerprint density at radius 3 is 1.77 bits per heavy atom. The molecule has 0 heterocycles. The summed E-state index contributed by atoms with van der Waals surface area (Å²) in [5.74, 6) is 0.585. The van der Waals surface area contributed by atoms with E-state index in [4.69, 9.17) is 0 Å². The fourth-order valence-corrected chi connectivity index (χ4v) is 3.34. The lowest BCUT2D eigenvalue weighted by atomic mass is 9.73. The van der Waals surface area contributed by atoms with E-state index in [-0.39, 0.29) is 17.2 Å². The Bertz CT molecular complexity index is 396. The maximum Gasteiger partial charge on any atom is 0.225 e. The zero-order valence-electron chi connectivity index (χ0n) is 16.0. The average Bonchev–Trinajstić information content (AvgIpc) is 2.31. The molecule has 0 radical (unpaired) electrons. The van der Waals surface area contributed by atoms with Crippen molar-refractivity contribution in [1.29, 1.82) is 0 Å². The van der Waals surface area contributed by atoms with Crippen LogP contribution in [-0.2, 0) is 9.59 Å². The van der Waals surface area contributed by atoms with Crippen LogP contribution in [0.5, 0.6) is 0 Å². The lowest BCUT2D eigenvalue weighted by molar-refractivity contribution is -0.136. The maximum atomic E-state index is 12.5. The van der Waals surface area contributed by atoms with Crippen molar-refractivity contribution in [3.8, 4) is 0 Å². The van der Waals surface area contributed by atoms with Crippen molar-refractivity contribution < 1.29 is 9.59 Å². The zero-order valence-corrected chi connectivity index (χ0v) is 16.0. The topological polar surface area (TPSA) is 58.2 Å². The minimum atomic E-state index is -0.579. The SMILES string of the molecule is CNC(=O)C(C)(C)CC(C)(C)C(=O)NCC(C)(C)CC(C)C. The summed E-state index contributed by atoms with van der Waals surface area (Å²) in [6.45, 7) is 17.0. The van der Waals surface area contributed by atoms with Crippen molar-refractivity contribution in [2.45, 2.75) is 68.2 Å². The third-order valence-electron chi connectivity index (χ3n) is 4.03. The normalized spacial score (nSPS) is 13.2. The van der Waals surface area contributed by atoms with Gasteiger partial charge in [0.1, 0.15) is 0 Å². The minimum Gasteiger partial charge on any atom is -0.359 e. The van der Waals surface area contributed by atoms with Crippen LogP contribution < -0.4 is 10.6 Å². The first-order chi connectivity index (χ1) is 9.73. The fraction of sp³-hybridized carbons (Fsp3) is 0.889. The van der Waals surface area contributed by atoms with Crippen LogP contribution in [0.15, 0.2) is 0 Å². The van der Waals surface area contributed by atoms with Crippen molar-refractivity contribution >= 4 is 11.8 Å². The van der Waals surface area contributed by atoms with E-state index in [0.717, 1.165) is 6.42 Å². The summed E-state index contributed by atoms with van der Waals surface area (Å²) in [5.41, 5.74) is -1.07. The van der Waals surface area contributed by atoms with Gasteiger partial charge >= 0.3 is 0 Å². The van der Waals surface area contributed by atoms with Crippen LogP contribution >= 0.6 is 0 Å². The number of rotatable bonds is 8. The molecule has 0 fully saturated rings. The Hall–Kier alpha value is -1.06. The van der Waals surface area contributed by atoms with E-state index in [1.807, 2.05) is 27.7 Å². The van der Waals surface area contributed by atoms with E-state index >= 15 is 0 Å². The molecule has 22 heavy (non-hydrogen) atoms. The van der Waals surface area contributed by atoms with E-state index in [1.165, 1.54) is 0 Å².